The molecule has 2 heterocycles. The number of nitrogens with zero attached hydrogens (tertiary/aromatic N) is 1. The molecular weight excluding hydrogens is 562 g/mol. The molecule has 10 rings (SSSR count). The van der Waals surface area contributed by atoms with Crippen LogP contribution >= 0.6 is 0 Å². The summed E-state index contributed by atoms with van der Waals surface area (Å²) in [7, 11) is 0. The second-order valence-electron chi connectivity index (χ2n) is 13.0. The maximum Gasteiger partial charge on any atom is 0.159 e. The van der Waals surface area contributed by atoms with Gasteiger partial charge in [-0.25, -0.2) is 0 Å². The van der Waals surface area contributed by atoms with Gasteiger partial charge in [-0.2, -0.15) is 0 Å². The molecule has 46 heavy (non-hydrogen) atoms. The standard InChI is InChI=1S/C43H29NO2/c1-43(2)36-15-7-5-12-30(36)33-24-28(18-20-37(33)43)44(29-19-21-40-35(25-29)31-13-6-8-17-39(31)45-40)38-16-9-14-32-34-22-26-10-3-4-11-27(26)23-41(34)46-42(32)38/h3-25H,1-2H3. The highest BCUT2D eigenvalue weighted by Crippen LogP contribution is 2.51. The van der Waals surface area contributed by atoms with Crippen molar-refractivity contribution in [2.75, 3.05) is 4.90 Å². The number of rotatable bonds is 3. The summed E-state index contributed by atoms with van der Waals surface area (Å²) in [4.78, 5) is 2.35. The van der Waals surface area contributed by atoms with Crippen molar-refractivity contribution in [1.29, 1.82) is 0 Å². The van der Waals surface area contributed by atoms with Gasteiger partial charge >= 0.3 is 0 Å². The zero-order valence-corrected chi connectivity index (χ0v) is 25.5. The fourth-order valence-electron chi connectivity index (χ4n) is 7.77. The molecule has 218 valence electrons. The van der Waals surface area contributed by atoms with Gasteiger partial charge in [0.2, 0.25) is 0 Å². The SMILES string of the molecule is CC1(C)c2ccccc2-c2cc(N(c3ccc4oc5ccccc5c4c3)c3cccc4c3oc3cc5ccccc5cc34)ccc21. The predicted octanol–water partition coefficient (Wildman–Crippen LogP) is 12.4. The first-order chi connectivity index (χ1) is 22.5. The summed E-state index contributed by atoms with van der Waals surface area (Å²) in [5.41, 5.74) is 11.9. The molecule has 7 aromatic carbocycles. The van der Waals surface area contributed by atoms with Crippen LogP contribution in [0, 0.1) is 0 Å². The molecule has 3 nitrogen and oxygen atoms in total. The van der Waals surface area contributed by atoms with E-state index in [-0.39, 0.29) is 5.41 Å². The van der Waals surface area contributed by atoms with Gasteiger partial charge in [0, 0.05) is 38.3 Å². The maximum absolute atomic E-state index is 6.78. The summed E-state index contributed by atoms with van der Waals surface area (Å²) in [5.74, 6) is 0. The lowest BCUT2D eigenvalue weighted by Crippen LogP contribution is -2.15. The first-order valence-electron chi connectivity index (χ1n) is 15.8. The van der Waals surface area contributed by atoms with Crippen LogP contribution in [0.25, 0.3) is 65.8 Å². The molecule has 0 atom stereocenters. The Bertz CT molecular complexity index is 2690. The monoisotopic (exact) mass is 591 g/mol. The lowest BCUT2D eigenvalue weighted by Gasteiger charge is -2.27. The van der Waals surface area contributed by atoms with Gasteiger partial charge in [0.05, 0.1) is 5.69 Å². The number of hydrogen-bond acceptors (Lipinski definition) is 3. The predicted molar refractivity (Wildman–Crippen MR) is 191 cm³/mol. The van der Waals surface area contributed by atoms with Gasteiger partial charge in [-0.15, -0.1) is 0 Å². The molecule has 0 radical (unpaired) electrons. The minimum Gasteiger partial charge on any atom is -0.456 e. The Balaban J connectivity index is 1.26. The minimum absolute atomic E-state index is 0.0648. The van der Waals surface area contributed by atoms with Crippen LogP contribution in [0.3, 0.4) is 0 Å². The largest absolute Gasteiger partial charge is 0.456 e. The van der Waals surface area contributed by atoms with E-state index in [0.29, 0.717) is 0 Å². The van der Waals surface area contributed by atoms with E-state index in [1.54, 1.807) is 0 Å². The van der Waals surface area contributed by atoms with E-state index < -0.39 is 0 Å². The third kappa shape index (κ3) is 3.48. The molecule has 0 saturated carbocycles. The Kier molecular flexibility index (Phi) is 5.06. The number of para-hydroxylation sites is 2. The van der Waals surface area contributed by atoms with E-state index in [1.807, 2.05) is 12.1 Å². The summed E-state index contributed by atoms with van der Waals surface area (Å²) >= 11 is 0. The average molecular weight is 592 g/mol. The van der Waals surface area contributed by atoms with Crippen molar-refractivity contribution in [1.82, 2.24) is 0 Å². The summed E-state index contributed by atoms with van der Waals surface area (Å²) in [5, 5.41) is 6.80. The van der Waals surface area contributed by atoms with Gasteiger partial charge in [0.1, 0.15) is 16.7 Å². The van der Waals surface area contributed by atoms with Crippen molar-refractivity contribution >= 4 is 71.7 Å². The van der Waals surface area contributed by atoms with Crippen molar-refractivity contribution in [3.05, 3.63) is 151 Å². The summed E-state index contributed by atoms with van der Waals surface area (Å²) < 4.78 is 13.0. The summed E-state index contributed by atoms with van der Waals surface area (Å²) in [6.07, 6.45) is 0. The number of fused-ring (bicyclic) bond motifs is 10. The molecule has 3 heteroatoms. The highest BCUT2D eigenvalue weighted by molar-refractivity contribution is 6.14. The molecule has 0 saturated heterocycles. The summed E-state index contributed by atoms with van der Waals surface area (Å²) in [6, 6.07) is 49.9. The lowest BCUT2D eigenvalue weighted by atomic mass is 9.82. The van der Waals surface area contributed by atoms with Gasteiger partial charge in [-0.05, 0) is 87.6 Å². The third-order valence-electron chi connectivity index (χ3n) is 10.0. The lowest BCUT2D eigenvalue weighted by molar-refractivity contribution is 0.660. The molecule has 2 aromatic heterocycles. The highest BCUT2D eigenvalue weighted by atomic mass is 16.3. The van der Waals surface area contributed by atoms with Gasteiger partial charge in [-0.3, -0.25) is 0 Å². The third-order valence-corrected chi connectivity index (χ3v) is 10.0. The van der Waals surface area contributed by atoms with Crippen molar-refractivity contribution in [3.8, 4) is 11.1 Å². The van der Waals surface area contributed by atoms with Crippen molar-refractivity contribution in [2.24, 2.45) is 0 Å². The van der Waals surface area contributed by atoms with E-state index in [1.165, 1.54) is 33.0 Å². The Morgan fingerprint density at radius 3 is 2.04 bits per heavy atom. The van der Waals surface area contributed by atoms with Crippen LogP contribution in [0.15, 0.2) is 148 Å². The molecule has 9 aromatic rings. The van der Waals surface area contributed by atoms with Gasteiger partial charge in [0.25, 0.3) is 0 Å². The molecule has 1 aliphatic carbocycles. The van der Waals surface area contributed by atoms with Gasteiger partial charge in [0.15, 0.2) is 5.58 Å². The van der Waals surface area contributed by atoms with Crippen LogP contribution in [0.5, 0.6) is 0 Å². The zero-order chi connectivity index (χ0) is 30.6. The molecule has 0 fully saturated rings. The number of hydrogen-bond donors (Lipinski definition) is 0. The van der Waals surface area contributed by atoms with Crippen molar-refractivity contribution in [3.63, 3.8) is 0 Å². The number of benzene rings is 7. The number of furan rings is 2. The first kappa shape index (κ1) is 25.5. The van der Waals surface area contributed by atoms with E-state index in [0.717, 1.165) is 60.9 Å². The molecule has 0 aliphatic heterocycles. The fraction of sp³-hybridized carbons (Fsp3) is 0.0698. The Labute approximate surface area is 265 Å². The Morgan fingerprint density at radius 1 is 0.457 bits per heavy atom. The normalized spacial score (nSPS) is 13.6. The van der Waals surface area contributed by atoms with Crippen LogP contribution in [-0.4, -0.2) is 0 Å². The molecule has 0 unspecified atom stereocenters. The Morgan fingerprint density at radius 2 is 1.13 bits per heavy atom. The van der Waals surface area contributed by atoms with Crippen molar-refractivity contribution < 1.29 is 8.83 Å². The van der Waals surface area contributed by atoms with Crippen molar-refractivity contribution in [2.45, 2.75) is 19.3 Å². The van der Waals surface area contributed by atoms with Crippen LogP contribution in [0.1, 0.15) is 25.0 Å². The van der Waals surface area contributed by atoms with E-state index >= 15 is 0 Å². The Hall–Kier alpha value is -5.80. The quantitative estimate of drug-likeness (QED) is 0.205. The smallest absolute Gasteiger partial charge is 0.159 e. The first-order valence-corrected chi connectivity index (χ1v) is 15.8. The molecule has 0 spiro atoms. The van der Waals surface area contributed by atoms with E-state index in [9.17, 15) is 0 Å². The molecular formula is C43H29NO2. The minimum atomic E-state index is -0.0648. The summed E-state index contributed by atoms with van der Waals surface area (Å²) in [6.45, 7) is 4.65. The second-order valence-corrected chi connectivity index (χ2v) is 13.0. The van der Waals surface area contributed by atoms with Crippen LogP contribution in [0.4, 0.5) is 17.1 Å². The molecule has 0 bridgehead atoms. The van der Waals surface area contributed by atoms with Gasteiger partial charge < -0.3 is 13.7 Å². The molecule has 0 amide bonds. The van der Waals surface area contributed by atoms with E-state index in [2.05, 4.69) is 146 Å². The molecule has 0 N–H and O–H groups in total. The highest BCUT2D eigenvalue weighted by Gasteiger charge is 2.35. The van der Waals surface area contributed by atoms with Crippen LogP contribution < -0.4 is 4.90 Å². The topological polar surface area (TPSA) is 29.5 Å². The second kappa shape index (κ2) is 9.12. The zero-order valence-electron chi connectivity index (χ0n) is 25.5. The van der Waals surface area contributed by atoms with Gasteiger partial charge in [-0.1, -0.05) is 98.8 Å². The van der Waals surface area contributed by atoms with Crippen LogP contribution in [0.2, 0.25) is 0 Å². The molecule has 1 aliphatic rings. The number of anilines is 3. The van der Waals surface area contributed by atoms with E-state index in [4.69, 9.17) is 8.83 Å². The fourth-order valence-corrected chi connectivity index (χ4v) is 7.77. The maximum atomic E-state index is 6.78. The van der Waals surface area contributed by atoms with Crippen LogP contribution in [-0.2, 0) is 5.41 Å². The average Bonchev–Trinajstić information content (AvgIpc) is 3.72.